The molecule has 22 heavy (non-hydrogen) atoms. The highest BCUT2D eigenvalue weighted by Crippen LogP contribution is 2.27. The summed E-state index contributed by atoms with van der Waals surface area (Å²) in [4.78, 5) is 31.6. The predicted octanol–water partition coefficient (Wildman–Crippen LogP) is 2.65. The van der Waals surface area contributed by atoms with Gasteiger partial charge < -0.3 is 14.9 Å². The van der Waals surface area contributed by atoms with Crippen LogP contribution in [0.4, 0.5) is 0 Å². The van der Waals surface area contributed by atoms with Crippen LogP contribution in [0.1, 0.15) is 25.9 Å². The minimum absolute atomic E-state index is 0.0383. The number of nitrogens with zero attached hydrogens (tertiary/aromatic N) is 1. The highest BCUT2D eigenvalue weighted by Gasteiger charge is 2.14. The molecule has 0 saturated heterocycles. The van der Waals surface area contributed by atoms with Crippen molar-refractivity contribution >= 4 is 66.9 Å². The maximum Gasteiger partial charge on any atom is 0.260 e. The summed E-state index contributed by atoms with van der Waals surface area (Å²) in [5.41, 5.74) is 0.0460. The number of hydrogen-bond acceptors (Lipinski definition) is 6. The Morgan fingerprint density at radius 1 is 1.36 bits per heavy atom. The molecule has 8 heteroatoms. The highest BCUT2D eigenvalue weighted by atomic mass is 79.9. The van der Waals surface area contributed by atoms with Crippen LogP contribution in [-0.2, 0) is 0 Å². The van der Waals surface area contributed by atoms with Crippen molar-refractivity contribution in [3.05, 3.63) is 47.4 Å². The van der Waals surface area contributed by atoms with E-state index in [1.165, 1.54) is 0 Å². The highest BCUT2D eigenvalue weighted by molar-refractivity contribution is 9.11. The lowest BCUT2D eigenvalue weighted by Crippen LogP contribution is -2.21. The fourth-order valence-electron chi connectivity index (χ4n) is 2.01. The second-order valence-corrected chi connectivity index (χ2v) is 7.94. The number of aromatic amines is 1. The van der Waals surface area contributed by atoms with Crippen LogP contribution in [0.25, 0.3) is 22.4 Å². The molecule has 0 aliphatic rings. The first kappa shape index (κ1) is 15.1. The number of fused-ring (bicyclic) bond motifs is 1. The van der Waals surface area contributed by atoms with E-state index in [1.54, 1.807) is 24.3 Å². The first-order chi connectivity index (χ1) is 10.5. The van der Waals surface area contributed by atoms with Crippen molar-refractivity contribution in [3.63, 3.8) is 0 Å². The molecule has 0 fully saturated rings. The van der Waals surface area contributed by atoms with E-state index >= 15 is 0 Å². The van der Waals surface area contributed by atoms with Crippen molar-refractivity contribution < 1.29 is 9.90 Å². The van der Waals surface area contributed by atoms with E-state index in [9.17, 15) is 14.7 Å². The molecule has 0 radical (unpaired) electrons. The van der Waals surface area contributed by atoms with Gasteiger partial charge in [-0.3, -0.25) is 4.79 Å². The van der Waals surface area contributed by atoms with Crippen molar-refractivity contribution in [1.82, 2.24) is 9.97 Å². The number of aryl methyl sites for hydroxylation is 1. The number of halogens is 1. The Morgan fingerprint density at radius 3 is 2.77 bits per heavy atom. The Hall–Kier alpha value is -1.77. The molecule has 0 saturated carbocycles. The molecule has 0 aliphatic heterocycles. The van der Waals surface area contributed by atoms with E-state index in [1.807, 2.05) is 18.2 Å². The summed E-state index contributed by atoms with van der Waals surface area (Å²) in [6.45, 7) is 1.58. The van der Waals surface area contributed by atoms with Crippen LogP contribution in [0.2, 0.25) is 0 Å². The number of carbonyl (C=O) groups is 1. The van der Waals surface area contributed by atoms with Crippen LogP contribution < -0.4 is 10.7 Å². The second-order valence-electron chi connectivity index (χ2n) is 4.45. The van der Waals surface area contributed by atoms with Gasteiger partial charge in [0.15, 0.2) is 0 Å². The zero-order valence-electron chi connectivity index (χ0n) is 11.2. The fourth-order valence-corrected chi connectivity index (χ4v) is 4.36. The normalized spacial score (nSPS) is 11.5. The maximum atomic E-state index is 12.1. The Balaban J connectivity index is 2.07. The summed E-state index contributed by atoms with van der Waals surface area (Å²) in [7, 11) is 0. The standard InChI is InChI=1S/C14H9BrN2O3S2/c1-6-10-12(18)16-9(5-3-7-2-4-8(15)21-7)17-13(10)22-11(6)14(19)20/h2-5H,1H3,(H,19,20)(H,16,17,18)/p-1/b5-3+. The molecule has 0 unspecified atom stereocenters. The molecule has 3 aromatic heterocycles. The zero-order chi connectivity index (χ0) is 15.9. The lowest BCUT2D eigenvalue weighted by atomic mass is 10.2. The first-order valence-corrected chi connectivity index (χ1v) is 8.56. The minimum atomic E-state index is -1.29. The molecule has 0 aromatic carbocycles. The Kier molecular flexibility index (Phi) is 3.98. The molecule has 0 bridgehead atoms. The van der Waals surface area contributed by atoms with Gasteiger partial charge in [0.05, 0.1) is 20.0 Å². The van der Waals surface area contributed by atoms with E-state index in [2.05, 4.69) is 25.9 Å². The molecule has 0 spiro atoms. The third kappa shape index (κ3) is 2.77. The van der Waals surface area contributed by atoms with E-state index in [4.69, 9.17) is 0 Å². The Labute approximate surface area is 141 Å². The molecule has 0 amide bonds. The van der Waals surface area contributed by atoms with Gasteiger partial charge in [0, 0.05) is 4.88 Å². The van der Waals surface area contributed by atoms with Gasteiger partial charge in [0.1, 0.15) is 10.7 Å². The number of nitrogens with one attached hydrogen (secondary N) is 1. The monoisotopic (exact) mass is 395 g/mol. The third-order valence-electron chi connectivity index (χ3n) is 3.00. The summed E-state index contributed by atoms with van der Waals surface area (Å²) >= 11 is 5.88. The number of aromatic carboxylic acids is 1. The van der Waals surface area contributed by atoms with Crippen LogP contribution in [0.15, 0.2) is 20.7 Å². The van der Waals surface area contributed by atoms with Gasteiger partial charge in [-0.15, -0.1) is 22.7 Å². The van der Waals surface area contributed by atoms with Crippen LogP contribution in [0, 0.1) is 6.92 Å². The summed E-state index contributed by atoms with van der Waals surface area (Å²) in [6, 6.07) is 3.86. The summed E-state index contributed by atoms with van der Waals surface area (Å²) in [5, 5.41) is 11.3. The molecule has 1 N–H and O–H groups in total. The molecule has 0 aliphatic carbocycles. The number of carboxylic acids is 1. The molecule has 3 heterocycles. The number of carbonyl (C=O) groups excluding carboxylic acids is 1. The second kappa shape index (κ2) is 5.79. The fraction of sp³-hybridized carbons (Fsp3) is 0.0714. The average molecular weight is 396 g/mol. The Bertz CT molecular complexity index is 968. The molecule has 3 aromatic rings. The van der Waals surface area contributed by atoms with Gasteiger partial charge in [0.25, 0.3) is 5.56 Å². The third-order valence-corrected chi connectivity index (χ3v) is 5.76. The van der Waals surface area contributed by atoms with Crippen LogP contribution in [0.5, 0.6) is 0 Å². The Morgan fingerprint density at radius 2 is 2.14 bits per heavy atom. The lowest BCUT2D eigenvalue weighted by Gasteiger charge is -1.97. The average Bonchev–Trinajstić information content (AvgIpc) is 3.01. The van der Waals surface area contributed by atoms with Crippen LogP contribution in [-0.4, -0.2) is 15.9 Å². The van der Waals surface area contributed by atoms with Gasteiger partial charge in [-0.25, -0.2) is 4.98 Å². The van der Waals surface area contributed by atoms with Gasteiger partial charge in [-0.2, -0.15) is 0 Å². The SMILES string of the molecule is Cc1c(C(=O)[O-])sc2nc(/C=C/c3ccc(Br)s3)[nH]c(=O)c12. The van der Waals surface area contributed by atoms with Crippen molar-refractivity contribution in [3.8, 4) is 0 Å². The maximum absolute atomic E-state index is 12.1. The topological polar surface area (TPSA) is 85.9 Å². The summed E-state index contributed by atoms with van der Waals surface area (Å²) in [6.07, 6.45) is 3.52. The molecule has 5 nitrogen and oxygen atoms in total. The van der Waals surface area contributed by atoms with Crippen molar-refractivity contribution in [1.29, 1.82) is 0 Å². The van der Waals surface area contributed by atoms with Crippen LogP contribution in [0.3, 0.4) is 0 Å². The van der Waals surface area contributed by atoms with Crippen molar-refractivity contribution in [2.75, 3.05) is 0 Å². The zero-order valence-corrected chi connectivity index (χ0v) is 14.4. The van der Waals surface area contributed by atoms with E-state index in [0.29, 0.717) is 21.6 Å². The van der Waals surface area contributed by atoms with E-state index < -0.39 is 5.97 Å². The van der Waals surface area contributed by atoms with Gasteiger partial charge in [-0.1, -0.05) is 0 Å². The van der Waals surface area contributed by atoms with E-state index in [-0.39, 0.29) is 10.4 Å². The summed E-state index contributed by atoms with van der Waals surface area (Å²) < 4.78 is 1.01. The lowest BCUT2D eigenvalue weighted by molar-refractivity contribution is -0.254. The number of thiophene rings is 2. The molecular weight excluding hydrogens is 388 g/mol. The van der Waals surface area contributed by atoms with Gasteiger partial charge in [0.2, 0.25) is 0 Å². The molecule has 0 atom stereocenters. The minimum Gasteiger partial charge on any atom is -0.544 e. The van der Waals surface area contributed by atoms with Crippen LogP contribution >= 0.6 is 38.6 Å². The number of rotatable bonds is 3. The number of carboxylic acid groups (broad SMARTS) is 1. The number of hydrogen-bond donors (Lipinski definition) is 1. The van der Waals surface area contributed by atoms with E-state index in [0.717, 1.165) is 20.0 Å². The van der Waals surface area contributed by atoms with Crippen molar-refractivity contribution in [2.24, 2.45) is 0 Å². The largest absolute Gasteiger partial charge is 0.544 e. The molecular formula is C14H8BrN2O3S2-. The summed E-state index contributed by atoms with van der Waals surface area (Å²) in [5.74, 6) is -0.909. The van der Waals surface area contributed by atoms with Gasteiger partial charge >= 0.3 is 0 Å². The quantitative estimate of drug-likeness (QED) is 0.738. The number of H-pyrrole nitrogens is 1. The van der Waals surface area contributed by atoms with Crippen molar-refractivity contribution in [2.45, 2.75) is 6.92 Å². The first-order valence-electron chi connectivity index (χ1n) is 6.14. The smallest absolute Gasteiger partial charge is 0.260 e. The van der Waals surface area contributed by atoms with Gasteiger partial charge in [-0.05, 0) is 52.7 Å². The molecule has 3 rings (SSSR count). The molecule has 112 valence electrons. The number of aromatic nitrogens is 2. The predicted molar refractivity (Wildman–Crippen MR) is 90.3 cm³/mol.